The summed E-state index contributed by atoms with van der Waals surface area (Å²) in [5.41, 5.74) is 2.69. The Balaban J connectivity index is 1.88. The van der Waals surface area contributed by atoms with Gasteiger partial charge in [-0.25, -0.2) is 4.98 Å². The highest BCUT2D eigenvalue weighted by Gasteiger charge is 2.09. The van der Waals surface area contributed by atoms with Crippen molar-refractivity contribution in [2.75, 3.05) is 10.6 Å². The highest BCUT2D eigenvalue weighted by molar-refractivity contribution is 6.28. The number of hydrogen-bond donors (Lipinski definition) is 3. The lowest BCUT2D eigenvalue weighted by Crippen LogP contribution is -2.05. The van der Waals surface area contributed by atoms with Crippen molar-refractivity contribution in [2.45, 2.75) is 6.92 Å². The molecule has 0 saturated heterocycles. The van der Waals surface area contributed by atoms with Crippen LogP contribution in [0.2, 0.25) is 5.28 Å². The number of aromatic nitrogens is 4. The van der Waals surface area contributed by atoms with E-state index < -0.39 is 0 Å². The van der Waals surface area contributed by atoms with E-state index in [9.17, 15) is 4.79 Å². The molecular weight excluding hydrogens is 292 g/mol. The van der Waals surface area contributed by atoms with Crippen molar-refractivity contribution < 1.29 is 4.79 Å². The number of amides is 1. The minimum atomic E-state index is -0.113. The predicted molar refractivity (Wildman–Crippen MR) is 80.7 cm³/mol. The average molecular weight is 303 g/mol. The van der Waals surface area contributed by atoms with E-state index in [1.807, 2.05) is 12.1 Å². The first-order valence-corrected chi connectivity index (χ1v) is 6.51. The molecule has 0 unspecified atom stereocenters. The van der Waals surface area contributed by atoms with Gasteiger partial charge in [-0.15, -0.1) is 0 Å². The second kappa shape index (κ2) is 5.37. The van der Waals surface area contributed by atoms with E-state index in [4.69, 9.17) is 11.6 Å². The van der Waals surface area contributed by atoms with Crippen LogP contribution in [-0.2, 0) is 4.79 Å². The fourth-order valence-corrected chi connectivity index (χ4v) is 2.04. The number of imidazole rings is 1. The van der Waals surface area contributed by atoms with Gasteiger partial charge in [-0.3, -0.25) is 4.79 Å². The standard InChI is InChI=1S/C13H11ClN6O/c1-7(21)17-8-2-4-9(5-3-8)18-12-10-11(16-6-15-10)19-13(14)20-12/h2-6H,1H3,(H,17,21)(H2,15,16,18,19,20). The molecule has 0 radical (unpaired) electrons. The maximum absolute atomic E-state index is 11.0. The summed E-state index contributed by atoms with van der Waals surface area (Å²) in [6, 6.07) is 7.22. The van der Waals surface area contributed by atoms with Crippen molar-refractivity contribution in [3.05, 3.63) is 35.9 Å². The molecule has 0 saturated carbocycles. The molecule has 1 amide bonds. The summed E-state index contributed by atoms with van der Waals surface area (Å²) in [5, 5.41) is 5.95. The molecule has 21 heavy (non-hydrogen) atoms. The van der Waals surface area contributed by atoms with Gasteiger partial charge in [0.2, 0.25) is 11.2 Å². The van der Waals surface area contributed by atoms with Crippen LogP contribution in [0, 0.1) is 0 Å². The van der Waals surface area contributed by atoms with Crippen LogP contribution < -0.4 is 10.6 Å². The Labute approximate surface area is 124 Å². The number of fused-ring (bicyclic) bond motifs is 1. The number of benzene rings is 1. The lowest BCUT2D eigenvalue weighted by atomic mass is 10.2. The molecule has 0 aliphatic carbocycles. The van der Waals surface area contributed by atoms with E-state index >= 15 is 0 Å². The van der Waals surface area contributed by atoms with Gasteiger partial charge in [0, 0.05) is 18.3 Å². The topological polar surface area (TPSA) is 95.6 Å². The van der Waals surface area contributed by atoms with Gasteiger partial charge in [0.15, 0.2) is 11.5 Å². The molecule has 2 aromatic heterocycles. The van der Waals surface area contributed by atoms with Crippen LogP contribution in [0.25, 0.3) is 11.2 Å². The van der Waals surface area contributed by atoms with Crippen LogP contribution in [0.4, 0.5) is 17.2 Å². The Morgan fingerprint density at radius 1 is 1.19 bits per heavy atom. The number of anilines is 3. The molecule has 0 bridgehead atoms. The molecule has 3 N–H and O–H groups in total. The van der Waals surface area contributed by atoms with Gasteiger partial charge >= 0.3 is 0 Å². The summed E-state index contributed by atoms with van der Waals surface area (Å²) in [6.45, 7) is 1.46. The number of rotatable bonds is 3. The molecule has 8 heteroatoms. The Kier molecular flexibility index (Phi) is 3.41. The van der Waals surface area contributed by atoms with E-state index in [2.05, 4.69) is 30.6 Å². The summed E-state index contributed by atoms with van der Waals surface area (Å²) in [5.74, 6) is 0.423. The van der Waals surface area contributed by atoms with Gasteiger partial charge in [-0.2, -0.15) is 9.97 Å². The number of carbonyl (C=O) groups excluding carboxylic acids is 1. The summed E-state index contributed by atoms with van der Waals surface area (Å²) in [7, 11) is 0. The Hall–Kier alpha value is -2.67. The summed E-state index contributed by atoms with van der Waals surface area (Å²) in [6.07, 6.45) is 1.53. The fourth-order valence-electron chi connectivity index (χ4n) is 1.87. The van der Waals surface area contributed by atoms with Gasteiger partial charge in [0.05, 0.1) is 6.33 Å². The second-order valence-corrected chi connectivity index (χ2v) is 4.66. The molecule has 0 aliphatic rings. The molecule has 0 atom stereocenters. The van der Waals surface area contributed by atoms with E-state index in [1.54, 1.807) is 12.1 Å². The quantitative estimate of drug-likeness (QED) is 0.646. The first kappa shape index (κ1) is 13.3. The van der Waals surface area contributed by atoms with Crippen molar-refractivity contribution in [1.82, 2.24) is 19.9 Å². The van der Waals surface area contributed by atoms with Crippen molar-refractivity contribution in [3.63, 3.8) is 0 Å². The lowest BCUT2D eigenvalue weighted by molar-refractivity contribution is -0.114. The molecule has 0 aliphatic heterocycles. The maximum atomic E-state index is 11.0. The van der Waals surface area contributed by atoms with Crippen molar-refractivity contribution in [2.24, 2.45) is 0 Å². The Morgan fingerprint density at radius 2 is 1.90 bits per heavy atom. The molecule has 106 valence electrons. The first-order chi connectivity index (χ1) is 10.1. The predicted octanol–water partition coefficient (Wildman–Crippen LogP) is 2.71. The fraction of sp³-hybridized carbons (Fsp3) is 0.0769. The minimum Gasteiger partial charge on any atom is -0.340 e. The molecule has 1 aromatic carbocycles. The van der Waals surface area contributed by atoms with Crippen LogP contribution in [0.1, 0.15) is 6.92 Å². The smallest absolute Gasteiger partial charge is 0.226 e. The van der Waals surface area contributed by atoms with Crippen molar-refractivity contribution in [1.29, 1.82) is 0 Å². The van der Waals surface area contributed by atoms with Crippen LogP contribution in [0.15, 0.2) is 30.6 Å². The molecule has 3 aromatic rings. The minimum absolute atomic E-state index is 0.113. The molecule has 7 nitrogen and oxygen atoms in total. The number of carbonyl (C=O) groups is 1. The number of nitrogens with one attached hydrogen (secondary N) is 3. The van der Waals surface area contributed by atoms with Gasteiger partial charge in [0.1, 0.15) is 5.52 Å². The summed E-state index contributed by atoms with van der Waals surface area (Å²) >= 11 is 5.87. The SMILES string of the molecule is CC(=O)Nc1ccc(Nc2nc(Cl)nc3nc[nH]c23)cc1. The molecule has 0 spiro atoms. The highest BCUT2D eigenvalue weighted by atomic mass is 35.5. The molecule has 3 rings (SSSR count). The van der Waals surface area contributed by atoms with Crippen LogP contribution in [0.3, 0.4) is 0 Å². The van der Waals surface area contributed by atoms with E-state index in [1.165, 1.54) is 13.3 Å². The zero-order valence-electron chi connectivity index (χ0n) is 11.0. The zero-order valence-corrected chi connectivity index (χ0v) is 11.8. The number of aromatic amines is 1. The normalized spacial score (nSPS) is 10.6. The van der Waals surface area contributed by atoms with Gasteiger partial charge in [-0.1, -0.05) is 0 Å². The van der Waals surface area contributed by atoms with Gasteiger partial charge < -0.3 is 15.6 Å². The summed E-state index contributed by atoms with van der Waals surface area (Å²) < 4.78 is 0. The largest absolute Gasteiger partial charge is 0.340 e. The second-order valence-electron chi connectivity index (χ2n) is 4.33. The third-order valence-corrected chi connectivity index (χ3v) is 2.90. The first-order valence-electron chi connectivity index (χ1n) is 6.13. The van der Waals surface area contributed by atoms with Crippen LogP contribution in [-0.4, -0.2) is 25.8 Å². The van der Waals surface area contributed by atoms with E-state index in [-0.39, 0.29) is 11.2 Å². The van der Waals surface area contributed by atoms with Crippen LogP contribution >= 0.6 is 11.6 Å². The van der Waals surface area contributed by atoms with E-state index in [0.29, 0.717) is 17.0 Å². The number of halogens is 1. The van der Waals surface area contributed by atoms with Crippen LogP contribution in [0.5, 0.6) is 0 Å². The highest BCUT2D eigenvalue weighted by Crippen LogP contribution is 2.23. The third-order valence-electron chi connectivity index (χ3n) is 2.73. The van der Waals surface area contributed by atoms with Gasteiger partial charge in [-0.05, 0) is 35.9 Å². The van der Waals surface area contributed by atoms with Crippen molar-refractivity contribution >= 4 is 45.9 Å². The van der Waals surface area contributed by atoms with Gasteiger partial charge in [0.25, 0.3) is 0 Å². The molecule has 2 heterocycles. The summed E-state index contributed by atoms with van der Waals surface area (Å²) in [4.78, 5) is 26.1. The Bertz CT molecular complexity index is 798. The number of hydrogen-bond acceptors (Lipinski definition) is 5. The number of H-pyrrole nitrogens is 1. The average Bonchev–Trinajstić information content (AvgIpc) is 2.88. The lowest BCUT2D eigenvalue weighted by Gasteiger charge is -2.08. The maximum Gasteiger partial charge on any atom is 0.226 e. The van der Waals surface area contributed by atoms with Crippen molar-refractivity contribution in [3.8, 4) is 0 Å². The third kappa shape index (κ3) is 2.92. The monoisotopic (exact) mass is 302 g/mol. The zero-order chi connectivity index (χ0) is 14.8. The molecular formula is C13H11ClN6O. The number of nitrogens with zero attached hydrogens (tertiary/aromatic N) is 3. The van der Waals surface area contributed by atoms with E-state index in [0.717, 1.165) is 11.4 Å². The molecule has 0 fully saturated rings. The Morgan fingerprint density at radius 3 is 2.62 bits per heavy atom.